The summed E-state index contributed by atoms with van der Waals surface area (Å²) in [6.07, 6.45) is 0. The minimum Gasteiger partial charge on any atom is -0.369 e. The van der Waals surface area contributed by atoms with Crippen LogP contribution in [0.25, 0.3) is 0 Å². The fraction of sp³-hybridized carbons (Fsp3) is 0.273. The van der Waals surface area contributed by atoms with Crippen LogP contribution >= 0.6 is 24.2 Å². The van der Waals surface area contributed by atoms with Crippen LogP contribution in [0.3, 0.4) is 0 Å². The van der Waals surface area contributed by atoms with Crippen molar-refractivity contribution in [2.24, 2.45) is 11.5 Å². The number of rotatable bonds is 5. The number of benzene rings is 1. The standard InChI is InChI=1S/C11H15N3O2S.ClH/c1-7(12)11(16)14-8-4-2-3-5-9(8)17-6-10(13)15;/h2-5,7H,6,12H2,1H3,(H2,13,15)(H,14,16);1H/t7-;/m1./s1. The van der Waals surface area contributed by atoms with Crippen molar-refractivity contribution >= 4 is 41.7 Å². The van der Waals surface area contributed by atoms with E-state index in [1.165, 1.54) is 11.8 Å². The molecule has 0 fully saturated rings. The van der Waals surface area contributed by atoms with Crippen LogP contribution in [0.4, 0.5) is 5.69 Å². The Bertz CT molecular complexity index is 427. The van der Waals surface area contributed by atoms with Crippen LogP contribution in [0.5, 0.6) is 0 Å². The highest BCUT2D eigenvalue weighted by Gasteiger charge is 2.10. The van der Waals surface area contributed by atoms with Crippen LogP contribution in [0.15, 0.2) is 29.2 Å². The zero-order valence-corrected chi connectivity index (χ0v) is 11.5. The molecule has 0 aliphatic carbocycles. The Morgan fingerprint density at radius 1 is 1.39 bits per heavy atom. The molecule has 1 aromatic rings. The molecule has 0 aromatic heterocycles. The summed E-state index contributed by atoms with van der Waals surface area (Å²) in [5, 5.41) is 2.70. The smallest absolute Gasteiger partial charge is 0.241 e. The first kappa shape index (κ1) is 16.8. The number of hydrogen-bond donors (Lipinski definition) is 3. The molecule has 1 rings (SSSR count). The van der Waals surface area contributed by atoms with Gasteiger partial charge in [-0.2, -0.15) is 0 Å². The fourth-order valence-electron chi connectivity index (χ4n) is 1.09. The minimum atomic E-state index is -0.579. The van der Waals surface area contributed by atoms with Gasteiger partial charge in [-0.3, -0.25) is 9.59 Å². The molecule has 5 N–H and O–H groups in total. The average Bonchev–Trinajstić information content (AvgIpc) is 2.27. The summed E-state index contributed by atoms with van der Waals surface area (Å²) in [6, 6.07) is 6.61. The van der Waals surface area contributed by atoms with Crippen molar-refractivity contribution in [3.63, 3.8) is 0 Å². The number of nitrogens with two attached hydrogens (primary N) is 2. The van der Waals surface area contributed by atoms with Gasteiger partial charge in [0, 0.05) is 4.90 Å². The third kappa shape index (κ3) is 5.39. The van der Waals surface area contributed by atoms with E-state index in [9.17, 15) is 9.59 Å². The summed E-state index contributed by atoms with van der Waals surface area (Å²) in [4.78, 5) is 23.0. The van der Waals surface area contributed by atoms with Gasteiger partial charge in [-0.1, -0.05) is 12.1 Å². The van der Waals surface area contributed by atoms with E-state index in [-0.39, 0.29) is 24.1 Å². The molecule has 0 saturated carbocycles. The molecule has 7 heteroatoms. The molecule has 0 aliphatic heterocycles. The van der Waals surface area contributed by atoms with Crippen molar-refractivity contribution in [2.75, 3.05) is 11.1 Å². The monoisotopic (exact) mass is 289 g/mol. The number of carbonyl (C=O) groups excluding carboxylic acids is 2. The van der Waals surface area contributed by atoms with E-state index in [2.05, 4.69) is 5.32 Å². The molecule has 1 atom stereocenters. The second kappa shape index (κ2) is 7.97. The number of carbonyl (C=O) groups is 2. The topological polar surface area (TPSA) is 98.2 Å². The Morgan fingerprint density at radius 2 is 2.00 bits per heavy atom. The van der Waals surface area contributed by atoms with E-state index >= 15 is 0 Å². The highest BCUT2D eigenvalue weighted by atomic mass is 35.5. The number of anilines is 1. The molecule has 0 heterocycles. The Morgan fingerprint density at radius 3 is 2.56 bits per heavy atom. The lowest BCUT2D eigenvalue weighted by Gasteiger charge is -2.11. The van der Waals surface area contributed by atoms with E-state index in [0.29, 0.717) is 5.69 Å². The Balaban J connectivity index is 0.00000289. The maximum Gasteiger partial charge on any atom is 0.241 e. The van der Waals surface area contributed by atoms with E-state index in [0.717, 1.165) is 4.90 Å². The maximum atomic E-state index is 11.5. The molecule has 18 heavy (non-hydrogen) atoms. The van der Waals surface area contributed by atoms with Crippen LogP contribution in [-0.2, 0) is 9.59 Å². The van der Waals surface area contributed by atoms with E-state index in [4.69, 9.17) is 11.5 Å². The third-order valence-electron chi connectivity index (χ3n) is 1.93. The molecule has 5 nitrogen and oxygen atoms in total. The Kier molecular flexibility index (Phi) is 7.42. The maximum absolute atomic E-state index is 11.5. The van der Waals surface area contributed by atoms with Gasteiger partial charge in [0.25, 0.3) is 0 Å². The van der Waals surface area contributed by atoms with Gasteiger partial charge in [0.2, 0.25) is 11.8 Å². The first-order chi connectivity index (χ1) is 8.00. The van der Waals surface area contributed by atoms with Crippen molar-refractivity contribution in [3.8, 4) is 0 Å². The summed E-state index contributed by atoms with van der Waals surface area (Å²) >= 11 is 1.28. The zero-order valence-electron chi connectivity index (χ0n) is 9.88. The van der Waals surface area contributed by atoms with Gasteiger partial charge >= 0.3 is 0 Å². The van der Waals surface area contributed by atoms with Crippen molar-refractivity contribution in [1.82, 2.24) is 0 Å². The van der Waals surface area contributed by atoms with Crippen LogP contribution in [0, 0.1) is 0 Å². The Hall–Kier alpha value is -1.24. The largest absolute Gasteiger partial charge is 0.369 e. The molecule has 1 aromatic carbocycles. The summed E-state index contributed by atoms with van der Waals surface area (Å²) < 4.78 is 0. The van der Waals surface area contributed by atoms with E-state index in [1.54, 1.807) is 19.1 Å². The lowest BCUT2D eigenvalue weighted by Crippen LogP contribution is -2.32. The Labute approximate surface area is 116 Å². The molecule has 0 unspecified atom stereocenters. The predicted molar refractivity (Wildman–Crippen MR) is 75.9 cm³/mol. The van der Waals surface area contributed by atoms with Crippen LogP contribution < -0.4 is 16.8 Å². The normalized spacial score (nSPS) is 11.2. The summed E-state index contributed by atoms with van der Waals surface area (Å²) in [7, 11) is 0. The van der Waals surface area contributed by atoms with Gasteiger partial charge < -0.3 is 16.8 Å². The first-order valence-electron chi connectivity index (χ1n) is 5.07. The summed E-state index contributed by atoms with van der Waals surface area (Å²) in [5.74, 6) is -0.495. The van der Waals surface area contributed by atoms with Crippen molar-refractivity contribution in [2.45, 2.75) is 17.9 Å². The molecular formula is C11H16ClN3O2S. The third-order valence-corrected chi connectivity index (χ3v) is 3.02. The van der Waals surface area contributed by atoms with Gasteiger partial charge in [0.1, 0.15) is 0 Å². The van der Waals surface area contributed by atoms with Crippen LogP contribution in [0.2, 0.25) is 0 Å². The van der Waals surface area contributed by atoms with Gasteiger partial charge in [-0.15, -0.1) is 24.2 Å². The number of halogens is 1. The molecular weight excluding hydrogens is 274 g/mol. The highest BCUT2D eigenvalue weighted by Crippen LogP contribution is 2.26. The number of primary amides is 1. The second-order valence-corrected chi connectivity index (χ2v) is 4.55. The number of hydrogen-bond acceptors (Lipinski definition) is 4. The SMILES string of the molecule is C[C@@H](N)C(=O)Nc1ccccc1SCC(N)=O.Cl. The quantitative estimate of drug-likeness (QED) is 0.704. The zero-order chi connectivity index (χ0) is 12.8. The minimum absolute atomic E-state index is 0. The molecule has 0 radical (unpaired) electrons. The van der Waals surface area contributed by atoms with Gasteiger partial charge in [0.15, 0.2) is 0 Å². The predicted octanol–water partition coefficient (Wildman–Crippen LogP) is 0.971. The van der Waals surface area contributed by atoms with Gasteiger partial charge in [-0.25, -0.2) is 0 Å². The van der Waals surface area contributed by atoms with Crippen LogP contribution in [0.1, 0.15) is 6.92 Å². The second-order valence-electron chi connectivity index (χ2n) is 3.53. The molecule has 0 saturated heterocycles. The van der Waals surface area contributed by atoms with E-state index in [1.807, 2.05) is 12.1 Å². The number of nitrogens with one attached hydrogen (secondary N) is 1. The number of thioether (sulfide) groups is 1. The van der Waals surface area contributed by atoms with Gasteiger partial charge in [0.05, 0.1) is 17.5 Å². The average molecular weight is 290 g/mol. The van der Waals surface area contributed by atoms with Crippen molar-refractivity contribution in [3.05, 3.63) is 24.3 Å². The first-order valence-corrected chi connectivity index (χ1v) is 6.06. The summed E-state index contributed by atoms with van der Waals surface area (Å²) in [5.41, 5.74) is 11.2. The molecule has 0 bridgehead atoms. The number of para-hydroxylation sites is 1. The highest BCUT2D eigenvalue weighted by molar-refractivity contribution is 8.00. The molecule has 0 aliphatic rings. The van der Waals surface area contributed by atoms with Crippen molar-refractivity contribution in [1.29, 1.82) is 0 Å². The molecule has 0 spiro atoms. The van der Waals surface area contributed by atoms with Crippen molar-refractivity contribution < 1.29 is 9.59 Å². The summed E-state index contributed by atoms with van der Waals surface area (Å²) in [6.45, 7) is 1.61. The van der Waals surface area contributed by atoms with E-state index < -0.39 is 11.9 Å². The van der Waals surface area contributed by atoms with Crippen LogP contribution in [-0.4, -0.2) is 23.6 Å². The number of amides is 2. The van der Waals surface area contributed by atoms with Gasteiger partial charge in [-0.05, 0) is 19.1 Å². The fourth-order valence-corrected chi connectivity index (χ4v) is 1.84. The molecule has 2 amide bonds. The lowest BCUT2D eigenvalue weighted by atomic mass is 10.3. The lowest BCUT2D eigenvalue weighted by molar-refractivity contribution is -0.117. The molecule has 100 valence electrons.